The summed E-state index contributed by atoms with van der Waals surface area (Å²) >= 11 is 5.96. The predicted molar refractivity (Wildman–Crippen MR) is 92.1 cm³/mol. The Kier molecular flexibility index (Phi) is 5.75. The molecule has 2 aliphatic heterocycles. The summed E-state index contributed by atoms with van der Waals surface area (Å²) < 4.78 is 5.71. The lowest BCUT2D eigenvalue weighted by Gasteiger charge is -2.24. The highest BCUT2D eigenvalue weighted by molar-refractivity contribution is 6.30. The first-order valence-corrected chi connectivity index (χ1v) is 8.74. The molecule has 1 aromatic rings. The molecule has 2 aliphatic rings. The molecule has 0 saturated carbocycles. The molecule has 0 spiro atoms. The van der Waals surface area contributed by atoms with Crippen molar-refractivity contribution in [3.8, 4) is 0 Å². The van der Waals surface area contributed by atoms with E-state index in [4.69, 9.17) is 16.3 Å². The molecule has 5 nitrogen and oxygen atoms in total. The first kappa shape index (κ1) is 16.6. The minimum Gasteiger partial charge on any atom is -0.377 e. The fraction of sp³-hybridized carbons (Fsp3) is 0.588. The van der Waals surface area contributed by atoms with Gasteiger partial charge in [-0.05, 0) is 44.0 Å². The van der Waals surface area contributed by atoms with Crippen LogP contribution in [0.3, 0.4) is 0 Å². The van der Waals surface area contributed by atoms with Crippen LogP contribution in [0.4, 0.5) is 10.5 Å². The molecule has 2 heterocycles. The Morgan fingerprint density at radius 3 is 2.96 bits per heavy atom. The van der Waals surface area contributed by atoms with E-state index in [1.165, 1.54) is 6.42 Å². The van der Waals surface area contributed by atoms with E-state index in [1.807, 2.05) is 17.0 Å². The lowest BCUT2D eigenvalue weighted by molar-refractivity contribution is 0.0747. The predicted octanol–water partition coefficient (Wildman–Crippen LogP) is 3.06. The van der Waals surface area contributed by atoms with Crippen LogP contribution in [-0.4, -0.2) is 61.3 Å². The number of hydrogen-bond acceptors (Lipinski definition) is 3. The van der Waals surface area contributed by atoms with Gasteiger partial charge in [-0.3, -0.25) is 4.90 Å². The number of hydrogen-bond donors (Lipinski definition) is 1. The summed E-state index contributed by atoms with van der Waals surface area (Å²) in [5.74, 6) is 0. The summed E-state index contributed by atoms with van der Waals surface area (Å²) in [6, 6.07) is 7.20. The SMILES string of the molecule is O=C(Nc1cccc(Cl)c1)N1CCCN(CC2CCCO2)CC1. The van der Waals surface area contributed by atoms with Gasteiger partial charge in [-0.25, -0.2) is 4.79 Å². The quantitative estimate of drug-likeness (QED) is 0.922. The van der Waals surface area contributed by atoms with Gasteiger partial charge >= 0.3 is 6.03 Å². The van der Waals surface area contributed by atoms with E-state index in [0.29, 0.717) is 11.1 Å². The van der Waals surface area contributed by atoms with Crippen LogP contribution in [0.1, 0.15) is 19.3 Å². The van der Waals surface area contributed by atoms with E-state index < -0.39 is 0 Å². The van der Waals surface area contributed by atoms with Gasteiger partial charge in [0.05, 0.1) is 6.10 Å². The molecular formula is C17H24ClN3O2. The van der Waals surface area contributed by atoms with Crippen LogP contribution < -0.4 is 5.32 Å². The molecule has 1 N–H and O–H groups in total. The Morgan fingerprint density at radius 1 is 1.26 bits per heavy atom. The number of benzene rings is 1. The van der Waals surface area contributed by atoms with Crippen LogP contribution in [0.2, 0.25) is 5.02 Å². The van der Waals surface area contributed by atoms with Crippen LogP contribution in [0, 0.1) is 0 Å². The normalized spacial score (nSPS) is 22.8. The number of ether oxygens (including phenoxy) is 1. The summed E-state index contributed by atoms with van der Waals surface area (Å²) in [5.41, 5.74) is 0.739. The topological polar surface area (TPSA) is 44.8 Å². The van der Waals surface area contributed by atoms with Gasteiger partial charge in [-0.15, -0.1) is 0 Å². The van der Waals surface area contributed by atoms with Crippen molar-refractivity contribution in [3.05, 3.63) is 29.3 Å². The van der Waals surface area contributed by atoms with E-state index in [9.17, 15) is 4.79 Å². The van der Waals surface area contributed by atoms with Gasteiger partial charge in [0.25, 0.3) is 0 Å². The van der Waals surface area contributed by atoms with Crippen LogP contribution in [0.25, 0.3) is 0 Å². The molecule has 1 atom stereocenters. The maximum atomic E-state index is 12.4. The molecule has 2 saturated heterocycles. The highest BCUT2D eigenvalue weighted by atomic mass is 35.5. The number of nitrogens with zero attached hydrogens (tertiary/aromatic N) is 2. The maximum absolute atomic E-state index is 12.4. The van der Waals surface area contributed by atoms with Gasteiger partial charge in [0.15, 0.2) is 0 Å². The Morgan fingerprint density at radius 2 is 2.17 bits per heavy atom. The molecule has 23 heavy (non-hydrogen) atoms. The second kappa shape index (κ2) is 7.99. The molecule has 0 aliphatic carbocycles. The van der Waals surface area contributed by atoms with Gasteiger partial charge in [0, 0.05) is 43.5 Å². The lowest BCUT2D eigenvalue weighted by atomic mass is 10.2. The minimum absolute atomic E-state index is 0.0498. The fourth-order valence-corrected chi connectivity index (χ4v) is 3.39. The Labute approximate surface area is 142 Å². The van der Waals surface area contributed by atoms with Crippen LogP contribution >= 0.6 is 11.6 Å². The van der Waals surface area contributed by atoms with Gasteiger partial charge in [-0.2, -0.15) is 0 Å². The average Bonchev–Trinajstić information content (AvgIpc) is 2.91. The number of carbonyl (C=O) groups excluding carboxylic acids is 1. The third-order valence-electron chi connectivity index (χ3n) is 4.44. The van der Waals surface area contributed by atoms with Crippen LogP contribution in [0.5, 0.6) is 0 Å². The van der Waals surface area contributed by atoms with E-state index in [2.05, 4.69) is 10.2 Å². The van der Waals surface area contributed by atoms with E-state index in [1.54, 1.807) is 12.1 Å². The molecule has 3 rings (SSSR count). The first-order valence-electron chi connectivity index (χ1n) is 8.36. The molecule has 1 unspecified atom stereocenters. The summed E-state index contributed by atoms with van der Waals surface area (Å²) in [5, 5.41) is 3.55. The standard InChI is InChI=1S/C17H24ClN3O2/c18-14-4-1-5-15(12-14)19-17(22)21-8-3-7-20(9-10-21)13-16-6-2-11-23-16/h1,4-5,12,16H,2-3,6-11,13H2,(H,19,22). The van der Waals surface area contributed by atoms with Crippen molar-refractivity contribution >= 4 is 23.3 Å². The number of anilines is 1. The molecule has 6 heteroatoms. The largest absolute Gasteiger partial charge is 0.377 e. The van der Waals surface area contributed by atoms with Crippen molar-refractivity contribution < 1.29 is 9.53 Å². The van der Waals surface area contributed by atoms with Gasteiger partial charge in [0.1, 0.15) is 0 Å². The zero-order valence-electron chi connectivity index (χ0n) is 13.3. The third kappa shape index (κ3) is 4.83. The molecule has 2 amide bonds. The number of amides is 2. The van der Waals surface area contributed by atoms with Crippen molar-refractivity contribution in [1.29, 1.82) is 0 Å². The third-order valence-corrected chi connectivity index (χ3v) is 4.67. The number of halogens is 1. The Bertz CT molecular complexity index is 534. The summed E-state index contributed by atoms with van der Waals surface area (Å²) in [6.07, 6.45) is 3.71. The smallest absolute Gasteiger partial charge is 0.321 e. The molecule has 0 radical (unpaired) electrons. The van der Waals surface area contributed by atoms with Crippen molar-refractivity contribution in [2.45, 2.75) is 25.4 Å². The highest BCUT2D eigenvalue weighted by Crippen LogP contribution is 2.17. The second-order valence-corrected chi connectivity index (χ2v) is 6.65. The molecule has 2 fully saturated rings. The minimum atomic E-state index is -0.0498. The fourth-order valence-electron chi connectivity index (χ4n) is 3.20. The summed E-state index contributed by atoms with van der Waals surface area (Å²) in [7, 11) is 0. The molecule has 0 aromatic heterocycles. The van der Waals surface area contributed by atoms with Gasteiger partial charge in [-0.1, -0.05) is 17.7 Å². The van der Waals surface area contributed by atoms with Crippen molar-refractivity contribution in [1.82, 2.24) is 9.80 Å². The zero-order chi connectivity index (χ0) is 16.1. The van der Waals surface area contributed by atoms with E-state index >= 15 is 0 Å². The summed E-state index contributed by atoms with van der Waals surface area (Å²) in [4.78, 5) is 16.7. The van der Waals surface area contributed by atoms with E-state index in [-0.39, 0.29) is 6.03 Å². The van der Waals surface area contributed by atoms with Crippen LogP contribution in [0.15, 0.2) is 24.3 Å². The monoisotopic (exact) mass is 337 g/mol. The molecular weight excluding hydrogens is 314 g/mol. The van der Waals surface area contributed by atoms with Crippen LogP contribution in [-0.2, 0) is 4.74 Å². The van der Waals surface area contributed by atoms with Gasteiger partial charge in [0.2, 0.25) is 0 Å². The molecule has 1 aromatic carbocycles. The number of nitrogens with one attached hydrogen (secondary N) is 1. The maximum Gasteiger partial charge on any atom is 0.321 e. The van der Waals surface area contributed by atoms with E-state index in [0.717, 1.165) is 57.9 Å². The second-order valence-electron chi connectivity index (χ2n) is 6.22. The van der Waals surface area contributed by atoms with Crippen molar-refractivity contribution in [2.24, 2.45) is 0 Å². The summed E-state index contributed by atoms with van der Waals surface area (Å²) in [6.45, 7) is 5.35. The first-order chi connectivity index (χ1) is 11.2. The Hall–Kier alpha value is -1.30. The zero-order valence-corrected chi connectivity index (χ0v) is 14.1. The molecule has 0 bridgehead atoms. The number of carbonyl (C=O) groups is 1. The van der Waals surface area contributed by atoms with Crippen molar-refractivity contribution in [3.63, 3.8) is 0 Å². The van der Waals surface area contributed by atoms with Crippen molar-refractivity contribution in [2.75, 3.05) is 44.6 Å². The number of urea groups is 1. The number of rotatable bonds is 3. The van der Waals surface area contributed by atoms with Gasteiger partial charge < -0.3 is 15.0 Å². The average molecular weight is 338 g/mol. The lowest BCUT2D eigenvalue weighted by Crippen LogP contribution is -2.39. The highest BCUT2D eigenvalue weighted by Gasteiger charge is 2.23. The Balaban J connectivity index is 1.49. The molecule has 126 valence electrons.